The molecule has 1 aliphatic rings. The van der Waals surface area contributed by atoms with Gasteiger partial charge in [-0.1, -0.05) is 36.4 Å². The van der Waals surface area contributed by atoms with Crippen LogP contribution < -0.4 is 14.5 Å². The van der Waals surface area contributed by atoms with Gasteiger partial charge >= 0.3 is 0 Å². The molecule has 0 amide bonds. The number of aromatic nitrogens is 3. The predicted molar refractivity (Wildman–Crippen MR) is 163 cm³/mol. The lowest BCUT2D eigenvalue weighted by Gasteiger charge is -2.20. The van der Waals surface area contributed by atoms with Crippen LogP contribution in [-0.2, 0) is 7.05 Å². The summed E-state index contributed by atoms with van der Waals surface area (Å²) in [6.45, 7) is 0.799. The van der Waals surface area contributed by atoms with Gasteiger partial charge in [-0.2, -0.15) is 0 Å². The Bertz CT molecular complexity index is 2070. The van der Waals surface area contributed by atoms with Crippen LogP contribution in [0.15, 0.2) is 116 Å². The SMILES string of the molecule is CN1CN(c2cccc(Oc3ccc4c5ccccc5n(-c5cc6c(ccn6C)cn5)c4c3)c2)c2ccccc21. The van der Waals surface area contributed by atoms with Crippen LogP contribution in [0, 0.1) is 0 Å². The Balaban J connectivity index is 1.21. The van der Waals surface area contributed by atoms with Crippen LogP contribution in [0.3, 0.4) is 0 Å². The summed E-state index contributed by atoms with van der Waals surface area (Å²) in [6, 6.07) is 35.9. The highest BCUT2D eigenvalue weighted by molar-refractivity contribution is 6.09. The number of hydrogen-bond donors (Lipinski definition) is 0. The van der Waals surface area contributed by atoms with E-state index in [1.165, 1.54) is 22.1 Å². The number of pyridine rings is 1. The number of nitrogens with zero attached hydrogens (tertiary/aromatic N) is 5. The van der Waals surface area contributed by atoms with Crippen molar-refractivity contribution in [2.75, 3.05) is 23.5 Å². The molecule has 0 bridgehead atoms. The van der Waals surface area contributed by atoms with E-state index in [9.17, 15) is 0 Å². The number of hydrogen-bond acceptors (Lipinski definition) is 4. The maximum Gasteiger partial charge on any atom is 0.139 e. The molecule has 4 aromatic carbocycles. The summed E-state index contributed by atoms with van der Waals surface area (Å²) < 4.78 is 10.9. The standard InChI is InChI=1S/C34H27N5O/c1-36-17-16-23-21-35-34(20-32(23)36)39-29-11-4-3-10-27(29)28-15-14-26(19-33(28)39)40-25-9-7-8-24(18-25)38-22-37(2)30-12-5-6-13-31(30)38/h3-21H,22H2,1-2H3. The molecule has 0 spiro atoms. The van der Waals surface area contributed by atoms with Crippen molar-refractivity contribution in [2.24, 2.45) is 7.05 Å². The first kappa shape index (κ1) is 22.7. The van der Waals surface area contributed by atoms with E-state index in [0.29, 0.717) is 0 Å². The Kier molecular flexibility index (Phi) is 4.91. The zero-order valence-electron chi connectivity index (χ0n) is 22.3. The molecule has 0 fully saturated rings. The first-order chi connectivity index (χ1) is 19.6. The first-order valence-corrected chi connectivity index (χ1v) is 13.4. The second-order valence-electron chi connectivity index (χ2n) is 10.4. The van der Waals surface area contributed by atoms with E-state index in [0.717, 1.165) is 51.6 Å². The van der Waals surface area contributed by atoms with Gasteiger partial charge in [0.15, 0.2) is 0 Å². The molecule has 0 N–H and O–H groups in total. The lowest BCUT2D eigenvalue weighted by Crippen LogP contribution is -2.23. The third-order valence-corrected chi connectivity index (χ3v) is 7.93. The van der Waals surface area contributed by atoms with Gasteiger partial charge in [-0.05, 0) is 48.5 Å². The lowest BCUT2D eigenvalue weighted by molar-refractivity contribution is 0.483. The Labute approximate surface area is 231 Å². The highest BCUT2D eigenvalue weighted by Crippen LogP contribution is 2.41. The van der Waals surface area contributed by atoms with Gasteiger partial charge < -0.3 is 19.1 Å². The summed E-state index contributed by atoms with van der Waals surface area (Å²) in [5.74, 6) is 2.47. The van der Waals surface area contributed by atoms with E-state index in [1.807, 2.05) is 12.3 Å². The molecule has 0 saturated heterocycles. The molecule has 7 aromatic rings. The summed E-state index contributed by atoms with van der Waals surface area (Å²) >= 11 is 0. The van der Waals surface area contributed by atoms with Gasteiger partial charge in [0.25, 0.3) is 0 Å². The highest BCUT2D eigenvalue weighted by atomic mass is 16.5. The molecule has 0 aliphatic carbocycles. The predicted octanol–water partition coefficient (Wildman–Crippen LogP) is 8.01. The molecule has 0 saturated carbocycles. The molecule has 3 aromatic heterocycles. The molecule has 4 heterocycles. The van der Waals surface area contributed by atoms with Gasteiger partial charge in [-0.15, -0.1) is 0 Å². The van der Waals surface area contributed by atoms with E-state index in [2.05, 4.69) is 136 Å². The number of benzene rings is 4. The average Bonchev–Trinajstić information content (AvgIpc) is 3.64. The zero-order valence-corrected chi connectivity index (χ0v) is 22.3. The number of para-hydroxylation sites is 3. The summed E-state index contributed by atoms with van der Waals surface area (Å²) in [5.41, 5.74) is 6.87. The van der Waals surface area contributed by atoms with Gasteiger partial charge in [-0.3, -0.25) is 4.57 Å². The Hall–Kier alpha value is -5.23. The second kappa shape index (κ2) is 8.64. The van der Waals surface area contributed by atoms with E-state index in [-0.39, 0.29) is 0 Å². The molecule has 194 valence electrons. The molecule has 0 atom stereocenters. The van der Waals surface area contributed by atoms with Crippen molar-refractivity contribution < 1.29 is 4.74 Å². The molecular weight excluding hydrogens is 494 g/mol. The second-order valence-corrected chi connectivity index (χ2v) is 10.4. The van der Waals surface area contributed by atoms with Crippen molar-refractivity contribution >= 4 is 49.8 Å². The average molecular weight is 522 g/mol. The molecule has 6 heteroatoms. The minimum Gasteiger partial charge on any atom is -0.457 e. The van der Waals surface area contributed by atoms with Crippen LogP contribution >= 0.6 is 0 Å². The fraction of sp³-hybridized carbons (Fsp3) is 0.0882. The molecule has 1 aliphatic heterocycles. The monoisotopic (exact) mass is 521 g/mol. The quantitative estimate of drug-likeness (QED) is 0.235. The minimum atomic E-state index is 0.785. The van der Waals surface area contributed by atoms with E-state index in [4.69, 9.17) is 9.72 Å². The summed E-state index contributed by atoms with van der Waals surface area (Å²) in [4.78, 5) is 9.43. The maximum absolute atomic E-state index is 6.49. The van der Waals surface area contributed by atoms with Crippen LogP contribution in [0.2, 0.25) is 0 Å². The number of anilines is 3. The summed E-state index contributed by atoms with van der Waals surface area (Å²) in [5, 5.41) is 3.49. The summed E-state index contributed by atoms with van der Waals surface area (Å²) in [6.07, 6.45) is 4.02. The number of rotatable bonds is 4. The number of aryl methyl sites for hydroxylation is 1. The lowest BCUT2D eigenvalue weighted by atomic mass is 10.1. The van der Waals surface area contributed by atoms with E-state index < -0.39 is 0 Å². The molecule has 8 rings (SSSR count). The molecule has 0 unspecified atom stereocenters. The fourth-order valence-corrected chi connectivity index (χ4v) is 5.99. The van der Waals surface area contributed by atoms with Gasteiger partial charge in [-0.25, -0.2) is 4.98 Å². The van der Waals surface area contributed by atoms with Crippen molar-refractivity contribution in [1.29, 1.82) is 0 Å². The van der Waals surface area contributed by atoms with Crippen molar-refractivity contribution in [3.63, 3.8) is 0 Å². The smallest absolute Gasteiger partial charge is 0.139 e. The van der Waals surface area contributed by atoms with E-state index >= 15 is 0 Å². The zero-order chi connectivity index (χ0) is 26.8. The number of fused-ring (bicyclic) bond motifs is 5. The Morgan fingerprint density at radius 2 is 1.48 bits per heavy atom. The van der Waals surface area contributed by atoms with Crippen molar-refractivity contribution in [1.82, 2.24) is 14.1 Å². The van der Waals surface area contributed by atoms with Gasteiger partial charge in [0.1, 0.15) is 17.3 Å². The molecular formula is C34H27N5O. The van der Waals surface area contributed by atoms with Crippen molar-refractivity contribution in [2.45, 2.75) is 0 Å². The molecule has 40 heavy (non-hydrogen) atoms. The summed E-state index contributed by atoms with van der Waals surface area (Å²) in [7, 11) is 4.19. The van der Waals surface area contributed by atoms with Crippen molar-refractivity contribution in [3.05, 3.63) is 116 Å². The van der Waals surface area contributed by atoms with Gasteiger partial charge in [0, 0.05) is 66.5 Å². The molecule has 6 nitrogen and oxygen atoms in total. The third kappa shape index (κ3) is 3.46. The van der Waals surface area contributed by atoms with Gasteiger partial charge in [0.2, 0.25) is 0 Å². The maximum atomic E-state index is 6.49. The van der Waals surface area contributed by atoms with Crippen LogP contribution in [-0.4, -0.2) is 27.8 Å². The minimum absolute atomic E-state index is 0.785. The van der Waals surface area contributed by atoms with Crippen LogP contribution in [0.4, 0.5) is 17.1 Å². The first-order valence-electron chi connectivity index (χ1n) is 13.4. The van der Waals surface area contributed by atoms with Crippen LogP contribution in [0.1, 0.15) is 0 Å². The van der Waals surface area contributed by atoms with Crippen molar-refractivity contribution in [3.8, 4) is 17.3 Å². The van der Waals surface area contributed by atoms with Crippen LogP contribution in [0.25, 0.3) is 38.5 Å². The topological polar surface area (TPSA) is 38.5 Å². The highest BCUT2D eigenvalue weighted by Gasteiger charge is 2.24. The normalized spacial score (nSPS) is 13.1. The number of ether oxygens (including phenoxy) is 1. The Morgan fingerprint density at radius 1 is 0.675 bits per heavy atom. The van der Waals surface area contributed by atoms with Gasteiger partial charge in [0.05, 0.1) is 34.6 Å². The Morgan fingerprint density at radius 3 is 2.40 bits per heavy atom. The van der Waals surface area contributed by atoms with Crippen LogP contribution in [0.5, 0.6) is 11.5 Å². The largest absolute Gasteiger partial charge is 0.457 e. The molecule has 0 radical (unpaired) electrons. The third-order valence-electron chi connectivity index (χ3n) is 7.93. The fourth-order valence-electron chi connectivity index (χ4n) is 5.99. The van der Waals surface area contributed by atoms with E-state index in [1.54, 1.807) is 0 Å².